The number of aromatic nitrogens is 2. The highest BCUT2D eigenvalue weighted by atomic mass is 16.4. The fraction of sp³-hybridized carbons (Fsp3) is 0.250. The van der Waals surface area contributed by atoms with Crippen LogP contribution in [0.1, 0.15) is 33.9 Å². The van der Waals surface area contributed by atoms with Gasteiger partial charge in [0.25, 0.3) is 5.91 Å². The molecule has 0 fully saturated rings. The topological polar surface area (TPSA) is 87.1 Å². The summed E-state index contributed by atoms with van der Waals surface area (Å²) in [5.41, 5.74) is 0.891. The van der Waals surface area contributed by atoms with Crippen LogP contribution in [-0.2, 0) is 0 Å². The molecule has 3 heterocycles. The minimum Gasteiger partial charge on any atom is -0.543 e. The minimum atomic E-state index is -1.32. The van der Waals surface area contributed by atoms with E-state index in [1.54, 1.807) is 16.7 Å². The van der Waals surface area contributed by atoms with E-state index in [-0.39, 0.29) is 17.6 Å². The van der Waals surface area contributed by atoms with Crippen LogP contribution in [0, 0.1) is 0 Å². The average molecular weight is 244 g/mol. The lowest BCUT2D eigenvalue weighted by atomic mass is 10.2. The summed E-state index contributed by atoms with van der Waals surface area (Å²) in [5.74, 6) is -1.48. The fourth-order valence-electron chi connectivity index (χ4n) is 2.25. The van der Waals surface area contributed by atoms with Crippen LogP contribution in [0.5, 0.6) is 0 Å². The van der Waals surface area contributed by atoms with Gasteiger partial charge in [-0.25, -0.2) is 4.98 Å². The molecule has 1 N–H and O–H groups in total. The smallest absolute Gasteiger partial charge is 0.268 e. The van der Waals surface area contributed by atoms with Crippen molar-refractivity contribution in [2.75, 3.05) is 6.54 Å². The van der Waals surface area contributed by atoms with Crippen molar-refractivity contribution in [1.29, 1.82) is 0 Å². The van der Waals surface area contributed by atoms with Gasteiger partial charge in [0.15, 0.2) is 0 Å². The van der Waals surface area contributed by atoms with Crippen LogP contribution in [0.15, 0.2) is 18.2 Å². The molecule has 0 spiro atoms. The number of aromatic carboxylic acids is 1. The number of amides is 1. The number of hydrogen-bond acceptors (Lipinski definition) is 4. The Bertz CT molecular complexity index is 675. The number of carbonyl (C=O) groups excluding carboxylic acids is 2. The SMILES string of the molecule is CC1CNC(=O)c2cc3ccc(C(=O)[O-])nc3n21. The summed E-state index contributed by atoms with van der Waals surface area (Å²) in [6.07, 6.45) is 0. The molecule has 0 aromatic carbocycles. The summed E-state index contributed by atoms with van der Waals surface area (Å²) in [5, 5.41) is 14.3. The molecule has 2 aromatic rings. The molecule has 18 heavy (non-hydrogen) atoms. The molecule has 1 atom stereocenters. The van der Waals surface area contributed by atoms with Gasteiger partial charge in [0, 0.05) is 11.9 Å². The third-order valence-corrected chi connectivity index (χ3v) is 3.13. The highest BCUT2D eigenvalue weighted by Crippen LogP contribution is 2.25. The van der Waals surface area contributed by atoms with Gasteiger partial charge in [0.2, 0.25) is 0 Å². The van der Waals surface area contributed by atoms with Crippen molar-refractivity contribution < 1.29 is 14.7 Å². The van der Waals surface area contributed by atoms with E-state index >= 15 is 0 Å². The Hall–Kier alpha value is -2.37. The molecule has 0 saturated heterocycles. The second kappa shape index (κ2) is 3.56. The largest absolute Gasteiger partial charge is 0.543 e. The van der Waals surface area contributed by atoms with Crippen molar-refractivity contribution in [3.8, 4) is 0 Å². The number of nitrogens with one attached hydrogen (secondary N) is 1. The number of rotatable bonds is 1. The lowest BCUT2D eigenvalue weighted by molar-refractivity contribution is -0.255. The van der Waals surface area contributed by atoms with E-state index in [0.717, 1.165) is 5.39 Å². The number of fused-ring (bicyclic) bond motifs is 3. The Morgan fingerprint density at radius 2 is 2.33 bits per heavy atom. The standard InChI is InChI=1S/C12H11N3O3/c1-6-5-13-11(16)9-4-7-2-3-8(12(17)18)14-10(7)15(6)9/h2-4,6H,5H2,1H3,(H,13,16)(H,17,18)/p-1. The molecule has 92 valence electrons. The third kappa shape index (κ3) is 1.38. The Kier molecular flexibility index (Phi) is 2.13. The molecule has 2 aromatic heterocycles. The van der Waals surface area contributed by atoms with Crippen molar-refractivity contribution in [2.24, 2.45) is 0 Å². The Labute approximate surface area is 102 Å². The van der Waals surface area contributed by atoms with Crippen LogP contribution in [0.2, 0.25) is 0 Å². The van der Waals surface area contributed by atoms with E-state index in [2.05, 4.69) is 10.3 Å². The van der Waals surface area contributed by atoms with Gasteiger partial charge in [0.05, 0.1) is 17.7 Å². The molecule has 0 bridgehead atoms. The molecule has 0 radical (unpaired) electrons. The zero-order valence-corrected chi connectivity index (χ0v) is 9.64. The molecule has 0 aliphatic carbocycles. The summed E-state index contributed by atoms with van der Waals surface area (Å²) in [6.45, 7) is 2.45. The number of pyridine rings is 1. The predicted octanol–water partition coefficient (Wildman–Crippen LogP) is -0.296. The molecule has 0 saturated carbocycles. The lowest BCUT2D eigenvalue weighted by Gasteiger charge is -2.23. The lowest BCUT2D eigenvalue weighted by Crippen LogP contribution is -2.37. The van der Waals surface area contributed by atoms with E-state index in [1.165, 1.54) is 6.07 Å². The summed E-state index contributed by atoms with van der Waals surface area (Å²) < 4.78 is 1.76. The summed E-state index contributed by atoms with van der Waals surface area (Å²) in [6, 6.07) is 4.77. The fourth-order valence-corrected chi connectivity index (χ4v) is 2.25. The molecule has 3 rings (SSSR count). The predicted molar refractivity (Wildman–Crippen MR) is 61.1 cm³/mol. The van der Waals surface area contributed by atoms with Crippen LogP contribution in [0.4, 0.5) is 0 Å². The monoisotopic (exact) mass is 244 g/mol. The van der Waals surface area contributed by atoms with Crippen LogP contribution in [-0.4, -0.2) is 28.0 Å². The van der Waals surface area contributed by atoms with Crippen molar-refractivity contribution in [3.05, 3.63) is 29.6 Å². The van der Waals surface area contributed by atoms with Crippen LogP contribution >= 0.6 is 0 Å². The number of hydrogen-bond donors (Lipinski definition) is 1. The average Bonchev–Trinajstić information content (AvgIpc) is 2.73. The van der Waals surface area contributed by atoms with Gasteiger partial charge in [-0.2, -0.15) is 0 Å². The molecule has 6 nitrogen and oxygen atoms in total. The van der Waals surface area contributed by atoms with E-state index < -0.39 is 5.97 Å². The van der Waals surface area contributed by atoms with Crippen molar-refractivity contribution >= 4 is 22.9 Å². The first-order chi connectivity index (χ1) is 8.58. The number of carbonyl (C=O) groups is 2. The van der Waals surface area contributed by atoms with Gasteiger partial charge >= 0.3 is 0 Å². The third-order valence-electron chi connectivity index (χ3n) is 3.13. The summed E-state index contributed by atoms with van der Waals surface area (Å²) in [7, 11) is 0. The number of carboxylic acids is 1. The highest BCUT2D eigenvalue weighted by Gasteiger charge is 2.25. The molecule has 6 heteroatoms. The Morgan fingerprint density at radius 1 is 1.56 bits per heavy atom. The first kappa shape index (κ1) is 10.8. The van der Waals surface area contributed by atoms with Gasteiger partial charge < -0.3 is 19.8 Å². The number of carboxylic acid groups (broad SMARTS) is 1. The maximum Gasteiger partial charge on any atom is 0.268 e. The zero-order chi connectivity index (χ0) is 12.9. The molecule has 1 aliphatic rings. The van der Waals surface area contributed by atoms with Crippen molar-refractivity contribution in [2.45, 2.75) is 13.0 Å². The van der Waals surface area contributed by atoms with Crippen molar-refractivity contribution in [1.82, 2.24) is 14.9 Å². The van der Waals surface area contributed by atoms with Gasteiger partial charge in [-0.3, -0.25) is 4.79 Å². The van der Waals surface area contributed by atoms with Gasteiger partial charge in [-0.05, 0) is 25.1 Å². The summed E-state index contributed by atoms with van der Waals surface area (Å²) >= 11 is 0. The van der Waals surface area contributed by atoms with Crippen molar-refractivity contribution in [3.63, 3.8) is 0 Å². The van der Waals surface area contributed by atoms with Gasteiger partial charge in [-0.15, -0.1) is 0 Å². The molecule has 1 aliphatic heterocycles. The van der Waals surface area contributed by atoms with E-state index in [9.17, 15) is 14.7 Å². The molecule has 1 amide bonds. The van der Waals surface area contributed by atoms with Crippen LogP contribution in [0.3, 0.4) is 0 Å². The molecule has 1 unspecified atom stereocenters. The quantitative estimate of drug-likeness (QED) is 0.746. The highest BCUT2D eigenvalue weighted by molar-refractivity contribution is 5.99. The number of nitrogens with zero attached hydrogens (tertiary/aromatic N) is 2. The first-order valence-electron chi connectivity index (χ1n) is 5.59. The zero-order valence-electron chi connectivity index (χ0n) is 9.64. The molecular weight excluding hydrogens is 234 g/mol. The normalized spacial score (nSPS) is 18.5. The van der Waals surface area contributed by atoms with Gasteiger partial charge in [0.1, 0.15) is 11.3 Å². The van der Waals surface area contributed by atoms with Crippen LogP contribution < -0.4 is 10.4 Å². The van der Waals surface area contributed by atoms with E-state index in [1.807, 2.05) is 6.92 Å². The first-order valence-corrected chi connectivity index (χ1v) is 5.59. The molecular formula is C12H10N3O3-. The Balaban J connectivity index is 2.32. The maximum absolute atomic E-state index is 11.7. The Morgan fingerprint density at radius 3 is 3.06 bits per heavy atom. The maximum atomic E-state index is 11.7. The second-order valence-corrected chi connectivity index (χ2v) is 4.36. The van der Waals surface area contributed by atoms with E-state index in [4.69, 9.17) is 0 Å². The second-order valence-electron chi connectivity index (χ2n) is 4.36. The van der Waals surface area contributed by atoms with Crippen LogP contribution in [0.25, 0.3) is 11.0 Å². The minimum absolute atomic E-state index is 0.0414. The van der Waals surface area contributed by atoms with Gasteiger partial charge in [-0.1, -0.05) is 0 Å². The summed E-state index contributed by atoms with van der Waals surface area (Å²) in [4.78, 5) is 26.6. The van der Waals surface area contributed by atoms with E-state index in [0.29, 0.717) is 17.9 Å².